The first-order valence-corrected chi connectivity index (χ1v) is 8.79. The molecule has 0 saturated carbocycles. The van der Waals surface area contributed by atoms with Crippen LogP contribution in [0.2, 0.25) is 0 Å². The van der Waals surface area contributed by atoms with E-state index < -0.39 is 5.91 Å². The van der Waals surface area contributed by atoms with Crippen molar-refractivity contribution in [3.05, 3.63) is 58.1 Å². The van der Waals surface area contributed by atoms with Crippen molar-refractivity contribution in [1.29, 1.82) is 0 Å². The number of nitrogens with one attached hydrogen (secondary N) is 1. The summed E-state index contributed by atoms with van der Waals surface area (Å²) in [7, 11) is 0. The van der Waals surface area contributed by atoms with Gasteiger partial charge in [-0.05, 0) is 70.7 Å². The summed E-state index contributed by atoms with van der Waals surface area (Å²) in [5, 5.41) is 2.78. The third kappa shape index (κ3) is 5.60. The van der Waals surface area contributed by atoms with Crippen LogP contribution in [-0.4, -0.2) is 18.4 Å². The molecule has 0 aliphatic carbocycles. The topological polar surface area (TPSA) is 81.4 Å². The van der Waals surface area contributed by atoms with Gasteiger partial charge in [-0.15, -0.1) is 0 Å². The number of halogens is 1. The molecule has 2 rings (SSSR count). The fourth-order valence-corrected chi connectivity index (χ4v) is 2.58. The predicted octanol–water partition coefficient (Wildman–Crippen LogP) is 4.23. The molecule has 2 amide bonds. The van der Waals surface area contributed by atoms with Crippen LogP contribution in [0.5, 0.6) is 5.75 Å². The highest BCUT2D eigenvalue weighted by Crippen LogP contribution is 2.27. The lowest BCUT2D eigenvalue weighted by Crippen LogP contribution is -2.13. The number of amides is 2. The molecule has 0 aromatic heterocycles. The van der Waals surface area contributed by atoms with Crippen LogP contribution in [0.1, 0.15) is 41.0 Å². The van der Waals surface area contributed by atoms with Crippen molar-refractivity contribution < 1.29 is 14.3 Å². The summed E-state index contributed by atoms with van der Waals surface area (Å²) >= 11 is 3.44. The molecule has 0 atom stereocenters. The molecule has 0 aliphatic heterocycles. The zero-order valence-electron chi connectivity index (χ0n) is 14.2. The van der Waals surface area contributed by atoms with Gasteiger partial charge in [-0.2, -0.15) is 0 Å². The van der Waals surface area contributed by atoms with Gasteiger partial charge in [0.05, 0.1) is 11.1 Å². The molecule has 0 unspecified atom stereocenters. The Morgan fingerprint density at radius 1 is 1.12 bits per heavy atom. The summed E-state index contributed by atoms with van der Waals surface area (Å²) in [6.07, 6.45) is 0.968. The third-order valence-corrected chi connectivity index (χ3v) is 4.19. The van der Waals surface area contributed by atoms with Gasteiger partial charge in [0.25, 0.3) is 5.91 Å². The Kier molecular flexibility index (Phi) is 6.58. The van der Waals surface area contributed by atoms with E-state index in [2.05, 4.69) is 35.1 Å². The van der Waals surface area contributed by atoms with Gasteiger partial charge in [-0.3, -0.25) is 9.59 Å². The van der Waals surface area contributed by atoms with E-state index in [-0.39, 0.29) is 5.91 Å². The number of rotatable bonds is 7. The van der Waals surface area contributed by atoms with Gasteiger partial charge in [0.1, 0.15) is 5.75 Å². The molecule has 0 radical (unpaired) electrons. The minimum absolute atomic E-state index is 0.249. The highest BCUT2D eigenvalue weighted by atomic mass is 79.9. The zero-order chi connectivity index (χ0) is 18.4. The molecule has 132 valence electrons. The van der Waals surface area contributed by atoms with Crippen molar-refractivity contribution in [2.45, 2.75) is 20.3 Å². The Morgan fingerprint density at radius 2 is 1.76 bits per heavy atom. The Balaban J connectivity index is 2.01. The molecule has 5 nitrogen and oxygen atoms in total. The zero-order valence-corrected chi connectivity index (χ0v) is 15.8. The molecule has 0 bridgehead atoms. The van der Waals surface area contributed by atoms with Crippen molar-refractivity contribution >= 4 is 33.4 Å². The lowest BCUT2D eigenvalue weighted by molar-refractivity contribution is 0.0998. The molecule has 0 spiro atoms. The fourth-order valence-electron chi connectivity index (χ4n) is 2.08. The number of hydrogen-bond acceptors (Lipinski definition) is 3. The smallest absolute Gasteiger partial charge is 0.255 e. The van der Waals surface area contributed by atoms with E-state index in [1.54, 1.807) is 42.5 Å². The van der Waals surface area contributed by atoms with E-state index in [0.717, 1.165) is 10.9 Å². The first-order valence-electron chi connectivity index (χ1n) is 8.00. The lowest BCUT2D eigenvalue weighted by Gasteiger charge is -2.11. The van der Waals surface area contributed by atoms with Gasteiger partial charge in [-0.25, -0.2) is 0 Å². The summed E-state index contributed by atoms with van der Waals surface area (Å²) in [6, 6.07) is 11.6. The minimum atomic E-state index is -0.505. The number of anilines is 1. The molecule has 2 aromatic rings. The van der Waals surface area contributed by atoms with Crippen LogP contribution >= 0.6 is 15.9 Å². The number of ether oxygens (including phenoxy) is 1. The second-order valence-electron chi connectivity index (χ2n) is 6.07. The van der Waals surface area contributed by atoms with Crippen molar-refractivity contribution in [1.82, 2.24) is 0 Å². The van der Waals surface area contributed by atoms with Crippen LogP contribution in [0.3, 0.4) is 0 Å². The van der Waals surface area contributed by atoms with Gasteiger partial charge in [-0.1, -0.05) is 13.8 Å². The van der Waals surface area contributed by atoms with Gasteiger partial charge >= 0.3 is 0 Å². The number of carbonyl (C=O) groups is 2. The van der Waals surface area contributed by atoms with Gasteiger partial charge in [0, 0.05) is 16.8 Å². The quantitative estimate of drug-likeness (QED) is 0.724. The Bertz CT molecular complexity index is 758. The second kappa shape index (κ2) is 8.67. The fraction of sp³-hybridized carbons (Fsp3) is 0.263. The number of hydrogen-bond donors (Lipinski definition) is 2. The summed E-state index contributed by atoms with van der Waals surface area (Å²) < 4.78 is 6.44. The van der Waals surface area contributed by atoms with Gasteiger partial charge in [0.15, 0.2) is 0 Å². The molecule has 0 fully saturated rings. The number of nitrogens with two attached hydrogens (primary N) is 1. The SMILES string of the molecule is CC(C)CCOc1ccc(C(=O)Nc2ccc(C(N)=O)cc2)cc1Br. The van der Waals surface area contributed by atoms with E-state index in [0.29, 0.717) is 35.1 Å². The number of benzene rings is 2. The maximum atomic E-state index is 12.3. The van der Waals surface area contributed by atoms with Crippen molar-refractivity contribution in [3.63, 3.8) is 0 Å². The monoisotopic (exact) mass is 404 g/mol. The normalized spacial score (nSPS) is 10.6. The van der Waals surface area contributed by atoms with Crippen molar-refractivity contribution in [2.75, 3.05) is 11.9 Å². The average Bonchev–Trinajstić information content (AvgIpc) is 2.56. The van der Waals surface area contributed by atoms with Crippen LogP contribution in [0.15, 0.2) is 46.9 Å². The number of carbonyl (C=O) groups excluding carboxylic acids is 2. The molecule has 2 aromatic carbocycles. The molecule has 0 saturated heterocycles. The largest absolute Gasteiger partial charge is 0.492 e. The summed E-state index contributed by atoms with van der Waals surface area (Å²) in [6.45, 7) is 4.91. The predicted molar refractivity (Wildman–Crippen MR) is 102 cm³/mol. The maximum Gasteiger partial charge on any atom is 0.255 e. The Hall–Kier alpha value is -2.34. The van der Waals surface area contributed by atoms with Crippen LogP contribution in [-0.2, 0) is 0 Å². The van der Waals surface area contributed by atoms with E-state index in [1.807, 2.05) is 0 Å². The molecule has 25 heavy (non-hydrogen) atoms. The van der Waals surface area contributed by atoms with Crippen molar-refractivity contribution in [3.8, 4) is 5.75 Å². The summed E-state index contributed by atoms with van der Waals surface area (Å²) in [4.78, 5) is 23.4. The van der Waals surface area contributed by atoms with Gasteiger partial charge < -0.3 is 15.8 Å². The first kappa shape index (κ1) is 19.0. The third-order valence-electron chi connectivity index (χ3n) is 3.57. The van der Waals surface area contributed by atoms with E-state index in [9.17, 15) is 9.59 Å². The maximum absolute atomic E-state index is 12.3. The van der Waals surface area contributed by atoms with E-state index >= 15 is 0 Å². The molecule has 6 heteroatoms. The molecular weight excluding hydrogens is 384 g/mol. The highest BCUT2D eigenvalue weighted by Gasteiger charge is 2.10. The van der Waals surface area contributed by atoms with Crippen LogP contribution in [0, 0.1) is 5.92 Å². The minimum Gasteiger partial charge on any atom is -0.492 e. The Morgan fingerprint density at radius 3 is 2.32 bits per heavy atom. The first-order chi connectivity index (χ1) is 11.9. The average molecular weight is 405 g/mol. The van der Waals surface area contributed by atoms with Crippen LogP contribution in [0.25, 0.3) is 0 Å². The molecule has 0 heterocycles. The second-order valence-corrected chi connectivity index (χ2v) is 6.93. The molecule has 3 N–H and O–H groups in total. The van der Waals surface area contributed by atoms with Crippen LogP contribution in [0.4, 0.5) is 5.69 Å². The van der Waals surface area contributed by atoms with Crippen molar-refractivity contribution in [2.24, 2.45) is 11.7 Å². The number of primary amides is 1. The van der Waals surface area contributed by atoms with E-state index in [4.69, 9.17) is 10.5 Å². The summed E-state index contributed by atoms with van der Waals surface area (Å²) in [5.74, 6) is 0.531. The lowest BCUT2D eigenvalue weighted by atomic mass is 10.1. The molecular formula is C19H21BrN2O3. The molecule has 0 aliphatic rings. The van der Waals surface area contributed by atoms with Gasteiger partial charge in [0.2, 0.25) is 5.91 Å². The Labute approximate surface area is 155 Å². The standard InChI is InChI=1S/C19H21BrN2O3/c1-12(2)9-10-25-17-8-5-14(11-16(17)20)19(24)22-15-6-3-13(4-7-15)18(21)23/h3-8,11-12H,9-10H2,1-2H3,(H2,21,23)(H,22,24). The highest BCUT2D eigenvalue weighted by molar-refractivity contribution is 9.10. The van der Waals surface area contributed by atoms with E-state index in [1.165, 1.54) is 0 Å². The van der Waals surface area contributed by atoms with Crippen LogP contribution < -0.4 is 15.8 Å². The summed E-state index contributed by atoms with van der Waals surface area (Å²) in [5.41, 5.74) is 6.68.